The van der Waals surface area contributed by atoms with Crippen molar-refractivity contribution in [3.63, 3.8) is 0 Å². The van der Waals surface area contributed by atoms with E-state index < -0.39 is 0 Å². The van der Waals surface area contributed by atoms with Crippen LogP contribution in [0, 0.1) is 6.92 Å². The number of para-hydroxylation sites is 1. The van der Waals surface area contributed by atoms with E-state index in [4.69, 9.17) is 0 Å². The molecule has 1 fully saturated rings. The zero-order valence-corrected chi connectivity index (χ0v) is 13.1. The predicted molar refractivity (Wildman–Crippen MR) is 85.6 cm³/mol. The van der Waals surface area contributed by atoms with E-state index in [1.807, 2.05) is 22.9 Å². The van der Waals surface area contributed by atoms with Gasteiger partial charge in [-0.1, -0.05) is 18.2 Å². The van der Waals surface area contributed by atoms with Crippen molar-refractivity contribution >= 4 is 0 Å². The van der Waals surface area contributed by atoms with E-state index in [1.165, 1.54) is 5.56 Å². The average Bonchev–Trinajstić information content (AvgIpc) is 2.85. The monoisotopic (exact) mass is 284 g/mol. The number of benzene rings is 1. The third kappa shape index (κ3) is 3.17. The molecule has 3 rings (SSSR count). The molecule has 2 atom stereocenters. The highest BCUT2D eigenvalue weighted by molar-refractivity contribution is 5.32. The average molecular weight is 284 g/mol. The molecule has 0 spiro atoms. The van der Waals surface area contributed by atoms with E-state index >= 15 is 0 Å². The third-order valence-electron chi connectivity index (χ3n) is 4.29. The van der Waals surface area contributed by atoms with Crippen LogP contribution in [0.1, 0.15) is 25.1 Å². The van der Waals surface area contributed by atoms with Crippen LogP contribution in [0.5, 0.6) is 0 Å². The molecule has 21 heavy (non-hydrogen) atoms. The van der Waals surface area contributed by atoms with Gasteiger partial charge in [-0.3, -0.25) is 4.90 Å². The van der Waals surface area contributed by atoms with Gasteiger partial charge in [-0.05, 0) is 32.9 Å². The van der Waals surface area contributed by atoms with E-state index in [1.54, 1.807) is 0 Å². The summed E-state index contributed by atoms with van der Waals surface area (Å²) in [6.45, 7) is 9.77. The Labute approximate surface area is 126 Å². The Bertz CT molecular complexity index is 590. The van der Waals surface area contributed by atoms with Crippen LogP contribution in [-0.2, 0) is 6.54 Å². The minimum atomic E-state index is 0.561. The maximum atomic E-state index is 4.66. The maximum absolute atomic E-state index is 4.66. The summed E-state index contributed by atoms with van der Waals surface area (Å²) in [6, 6.07) is 11.4. The summed E-state index contributed by atoms with van der Waals surface area (Å²) in [5.41, 5.74) is 3.56. The van der Waals surface area contributed by atoms with Crippen LogP contribution >= 0.6 is 0 Å². The van der Waals surface area contributed by atoms with E-state index in [0.29, 0.717) is 12.1 Å². The number of hydrogen-bond acceptors (Lipinski definition) is 3. The zero-order chi connectivity index (χ0) is 14.8. The molecule has 1 saturated heterocycles. The van der Waals surface area contributed by atoms with Crippen LogP contribution in [0.4, 0.5) is 0 Å². The van der Waals surface area contributed by atoms with Crippen molar-refractivity contribution in [1.82, 2.24) is 20.0 Å². The Morgan fingerprint density at radius 3 is 2.76 bits per heavy atom. The van der Waals surface area contributed by atoms with Crippen molar-refractivity contribution in [2.45, 2.75) is 39.4 Å². The van der Waals surface area contributed by atoms with Gasteiger partial charge in [0.05, 0.1) is 11.4 Å². The van der Waals surface area contributed by atoms with Crippen LogP contribution in [-0.4, -0.2) is 39.9 Å². The first-order valence-electron chi connectivity index (χ1n) is 7.71. The fourth-order valence-electron chi connectivity index (χ4n) is 2.90. The lowest BCUT2D eigenvalue weighted by Gasteiger charge is -2.37. The van der Waals surface area contributed by atoms with Gasteiger partial charge >= 0.3 is 0 Å². The quantitative estimate of drug-likeness (QED) is 0.939. The molecule has 112 valence electrons. The smallest absolute Gasteiger partial charge is 0.0645 e. The fourth-order valence-corrected chi connectivity index (χ4v) is 2.90. The van der Waals surface area contributed by atoms with Gasteiger partial charge in [0.25, 0.3) is 0 Å². The molecule has 0 radical (unpaired) electrons. The number of hydrogen-bond donors (Lipinski definition) is 1. The number of aromatic nitrogens is 2. The fraction of sp³-hybridized carbons (Fsp3) is 0.471. The summed E-state index contributed by atoms with van der Waals surface area (Å²) < 4.78 is 1.99. The molecule has 1 aliphatic heterocycles. The molecule has 1 N–H and O–H groups in total. The molecule has 0 amide bonds. The standard InChI is InChI=1S/C17H24N4/c1-13-10-20(14(2)9-18-13)11-16-12-21(19-15(16)3)17-7-5-4-6-8-17/h4-8,12-14,18H,9-11H2,1-3H3. The first-order valence-corrected chi connectivity index (χ1v) is 7.71. The lowest BCUT2D eigenvalue weighted by atomic mass is 10.1. The normalized spacial score (nSPS) is 23.4. The van der Waals surface area contributed by atoms with E-state index in [0.717, 1.165) is 31.0 Å². The third-order valence-corrected chi connectivity index (χ3v) is 4.29. The van der Waals surface area contributed by atoms with E-state index in [-0.39, 0.29) is 0 Å². The van der Waals surface area contributed by atoms with Crippen molar-refractivity contribution < 1.29 is 0 Å². The summed E-state index contributed by atoms with van der Waals surface area (Å²) in [5, 5.41) is 8.20. The molecule has 0 bridgehead atoms. The first-order chi connectivity index (χ1) is 10.1. The van der Waals surface area contributed by atoms with Crippen molar-refractivity contribution in [3.8, 4) is 5.69 Å². The van der Waals surface area contributed by atoms with Crippen molar-refractivity contribution in [1.29, 1.82) is 0 Å². The van der Waals surface area contributed by atoms with Crippen LogP contribution in [0.25, 0.3) is 5.69 Å². The number of rotatable bonds is 3. The van der Waals surface area contributed by atoms with Crippen molar-refractivity contribution in [3.05, 3.63) is 47.8 Å². The predicted octanol–water partition coefficient (Wildman–Crippen LogP) is 2.36. The van der Waals surface area contributed by atoms with Gasteiger partial charge in [0.15, 0.2) is 0 Å². The summed E-state index contributed by atoms with van der Waals surface area (Å²) in [4.78, 5) is 2.54. The number of piperazine rings is 1. The lowest BCUT2D eigenvalue weighted by molar-refractivity contribution is 0.138. The zero-order valence-electron chi connectivity index (χ0n) is 13.1. The second-order valence-electron chi connectivity index (χ2n) is 6.11. The molecular weight excluding hydrogens is 260 g/mol. The summed E-state index contributed by atoms with van der Waals surface area (Å²) in [7, 11) is 0. The van der Waals surface area contributed by atoms with Gasteiger partial charge in [-0.2, -0.15) is 5.10 Å². The number of nitrogens with one attached hydrogen (secondary N) is 1. The molecule has 1 aromatic heterocycles. The van der Waals surface area contributed by atoms with Gasteiger partial charge in [-0.15, -0.1) is 0 Å². The van der Waals surface area contributed by atoms with Crippen LogP contribution in [0.15, 0.2) is 36.5 Å². The Morgan fingerprint density at radius 2 is 2.00 bits per heavy atom. The van der Waals surface area contributed by atoms with Crippen molar-refractivity contribution in [2.24, 2.45) is 0 Å². The SMILES string of the molecule is Cc1nn(-c2ccccc2)cc1CN1CC(C)NCC1C. The van der Waals surface area contributed by atoms with Gasteiger partial charge in [-0.25, -0.2) is 4.68 Å². The second kappa shape index (κ2) is 6.00. The van der Waals surface area contributed by atoms with E-state index in [2.05, 4.69) is 54.4 Å². The van der Waals surface area contributed by atoms with E-state index in [9.17, 15) is 0 Å². The Balaban J connectivity index is 1.78. The topological polar surface area (TPSA) is 33.1 Å². The van der Waals surface area contributed by atoms with Crippen LogP contribution < -0.4 is 5.32 Å². The number of nitrogens with zero attached hydrogens (tertiary/aromatic N) is 3. The molecular formula is C17H24N4. The Kier molecular flexibility index (Phi) is 4.08. The van der Waals surface area contributed by atoms with Gasteiger partial charge < -0.3 is 5.32 Å². The van der Waals surface area contributed by atoms with Crippen molar-refractivity contribution in [2.75, 3.05) is 13.1 Å². The highest BCUT2D eigenvalue weighted by Crippen LogP contribution is 2.17. The Morgan fingerprint density at radius 1 is 1.24 bits per heavy atom. The van der Waals surface area contributed by atoms with Gasteiger partial charge in [0, 0.05) is 43.5 Å². The lowest BCUT2D eigenvalue weighted by Crippen LogP contribution is -2.53. The second-order valence-corrected chi connectivity index (χ2v) is 6.11. The molecule has 2 heterocycles. The Hall–Kier alpha value is -1.65. The highest BCUT2D eigenvalue weighted by atomic mass is 15.3. The molecule has 0 aliphatic carbocycles. The number of aryl methyl sites for hydroxylation is 1. The molecule has 2 unspecified atom stereocenters. The largest absolute Gasteiger partial charge is 0.311 e. The summed E-state index contributed by atoms with van der Waals surface area (Å²) in [6.07, 6.45) is 2.17. The molecule has 4 nitrogen and oxygen atoms in total. The highest BCUT2D eigenvalue weighted by Gasteiger charge is 2.23. The summed E-state index contributed by atoms with van der Waals surface area (Å²) >= 11 is 0. The van der Waals surface area contributed by atoms with Crippen LogP contribution in [0.2, 0.25) is 0 Å². The maximum Gasteiger partial charge on any atom is 0.0645 e. The molecule has 2 aromatic rings. The molecule has 1 aromatic carbocycles. The first kappa shape index (κ1) is 14.3. The summed E-state index contributed by atoms with van der Waals surface area (Å²) in [5.74, 6) is 0. The molecule has 1 aliphatic rings. The van der Waals surface area contributed by atoms with Gasteiger partial charge in [0.1, 0.15) is 0 Å². The minimum Gasteiger partial charge on any atom is -0.311 e. The van der Waals surface area contributed by atoms with Crippen LogP contribution in [0.3, 0.4) is 0 Å². The molecule has 0 saturated carbocycles. The van der Waals surface area contributed by atoms with Gasteiger partial charge in [0.2, 0.25) is 0 Å². The minimum absolute atomic E-state index is 0.561. The molecule has 4 heteroatoms.